The summed E-state index contributed by atoms with van der Waals surface area (Å²) in [7, 11) is 0. The number of fused-ring (bicyclic) bond motifs is 1. The molecule has 20 heavy (non-hydrogen) atoms. The van der Waals surface area contributed by atoms with E-state index in [0.717, 1.165) is 17.1 Å². The zero-order chi connectivity index (χ0) is 13.8. The van der Waals surface area contributed by atoms with E-state index >= 15 is 0 Å². The molecule has 3 rings (SSSR count). The molecule has 0 saturated carbocycles. The average molecular weight is 287 g/mol. The Hall–Kier alpha value is -1.69. The number of hydrogen-bond donors (Lipinski definition) is 2. The molecule has 5 heteroatoms. The first-order chi connectivity index (χ1) is 9.85. The predicted molar refractivity (Wildman–Crippen MR) is 80.9 cm³/mol. The predicted octanol–water partition coefficient (Wildman–Crippen LogP) is 2.09. The van der Waals surface area contributed by atoms with Gasteiger partial charge in [0.15, 0.2) is 4.96 Å². The van der Waals surface area contributed by atoms with E-state index in [9.17, 15) is 5.11 Å². The molecular formula is C15H17N3OS. The second-order valence-electron chi connectivity index (χ2n) is 4.78. The van der Waals surface area contributed by atoms with Crippen LogP contribution in [0.15, 0.2) is 48.1 Å². The van der Waals surface area contributed by atoms with Crippen molar-refractivity contribution < 1.29 is 5.11 Å². The average Bonchev–Trinajstić information content (AvgIpc) is 3.05. The number of thiazole rings is 1. The second-order valence-corrected chi connectivity index (χ2v) is 5.65. The lowest BCUT2D eigenvalue weighted by Crippen LogP contribution is -2.34. The minimum absolute atomic E-state index is 0.0529. The Kier molecular flexibility index (Phi) is 4.11. The molecule has 2 N–H and O–H groups in total. The Labute approximate surface area is 121 Å². The van der Waals surface area contributed by atoms with Gasteiger partial charge in [-0.25, -0.2) is 4.98 Å². The molecule has 4 nitrogen and oxygen atoms in total. The Morgan fingerprint density at radius 2 is 2.15 bits per heavy atom. The van der Waals surface area contributed by atoms with Crippen LogP contribution in [-0.4, -0.2) is 27.1 Å². The molecule has 1 atom stereocenters. The van der Waals surface area contributed by atoms with Crippen LogP contribution < -0.4 is 5.32 Å². The molecule has 0 aliphatic carbocycles. The van der Waals surface area contributed by atoms with E-state index in [0.29, 0.717) is 6.54 Å². The van der Waals surface area contributed by atoms with Crippen LogP contribution in [-0.2, 0) is 13.0 Å². The van der Waals surface area contributed by atoms with Crippen molar-refractivity contribution >= 4 is 16.3 Å². The van der Waals surface area contributed by atoms with Crippen molar-refractivity contribution in [1.82, 2.24) is 14.7 Å². The van der Waals surface area contributed by atoms with Crippen molar-refractivity contribution in [1.29, 1.82) is 0 Å². The van der Waals surface area contributed by atoms with E-state index in [2.05, 4.69) is 22.4 Å². The maximum Gasteiger partial charge on any atom is 0.193 e. The lowest BCUT2D eigenvalue weighted by Gasteiger charge is -2.15. The molecule has 0 fully saturated rings. The monoisotopic (exact) mass is 287 g/mol. The van der Waals surface area contributed by atoms with Gasteiger partial charge in [0.1, 0.15) is 0 Å². The molecule has 104 valence electrons. The highest BCUT2D eigenvalue weighted by atomic mass is 32.1. The standard InChI is InChI=1S/C15H17N3OS/c19-11-13(8-12-4-2-1-3-5-12)16-9-14-10-18-6-7-20-15(18)17-14/h1-7,10,13,16,19H,8-9,11H2. The van der Waals surface area contributed by atoms with Crippen molar-refractivity contribution in [2.45, 2.75) is 19.0 Å². The maximum atomic E-state index is 9.48. The van der Waals surface area contributed by atoms with Crippen LogP contribution in [0.1, 0.15) is 11.3 Å². The summed E-state index contributed by atoms with van der Waals surface area (Å²) >= 11 is 1.63. The normalized spacial score (nSPS) is 12.8. The molecular weight excluding hydrogens is 270 g/mol. The van der Waals surface area contributed by atoms with Gasteiger partial charge in [-0.2, -0.15) is 0 Å². The molecule has 0 spiro atoms. The van der Waals surface area contributed by atoms with Gasteiger partial charge in [-0.3, -0.25) is 4.40 Å². The molecule has 0 amide bonds. The van der Waals surface area contributed by atoms with E-state index < -0.39 is 0 Å². The molecule has 0 saturated heterocycles. The molecule has 1 unspecified atom stereocenters. The van der Waals surface area contributed by atoms with Gasteiger partial charge in [0.05, 0.1) is 12.3 Å². The van der Waals surface area contributed by atoms with Gasteiger partial charge in [0, 0.05) is 30.4 Å². The molecule has 3 aromatic rings. The maximum absolute atomic E-state index is 9.48. The van der Waals surface area contributed by atoms with Crippen molar-refractivity contribution in [2.75, 3.05) is 6.61 Å². The van der Waals surface area contributed by atoms with Gasteiger partial charge >= 0.3 is 0 Å². The summed E-state index contributed by atoms with van der Waals surface area (Å²) < 4.78 is 2.02. The third kappa shape index (κ3) is 3.07. The summed E-state index contributed by atoms with van der Waals surface area (Å²) in [6, 6.07) is 10.3. The molecule has 0 radical (unpaired) electrons. The number of nitrogens with one attached hydrogen (secondary N) is 1. The van der Waals surface area contributed by atoms with Gasteiger partial charge in [-0.05, 0) is 12.0 Å². The summed E-state index contributed by atoms with van der Waals surface area (Å²) in [6.45, 7) is 0.795. The molecule has 2 aromatic heterocycles. The van der Waals surface area contributed by atoms with E-state index in [1.165, 1.54) is 5.56 Å². The minimum atomic E-state index is 0.0529. The first-order valence-electron chi connectivity index (χ1n) is 6.64. The summed E-state index contributed by atoms with van der Waals surface area (Å²) in [5.74, 6) is 0. The Balaban J connectivity index is 1.59. The summed E-state index contributed by atoms with van der Waals surface area (Å²) in [5.41, 5.74) is 2.23. The van der Waals surface area contributed by atoms with E-state index in [1.54, 1.807) is 11.3 Å². The van der Waals surface area contributed by atoms with E-state index in [1.807, 2.05) is 40.4 Å². The SMILES string of the molecule is OCC(Cc1ccccc1)NCc1cn2ccsc2n1. The van der Waals surface area contributed by atoms with E-state index in [-0.39, 0.29) is 12.6 Å². The number of hydrogen-bond acceptors (Lipinski definition) is 4. The summed E-state index contributed by atoms with van der Waals surface area (Å²) in [5, 5.41) is 14.9. The highest BCUT2D eigenvalue weighted by Gasteiger charge is 2.09. The largest absolute Gasteiger partial charge is 0.395 e. The Morgan fingerprint density at radius 3 is 2.90 bits per heavy atom. The fraction of sp³-hybridized carbons (Fsp3) is 0.267. The Morgan fingerprint density at radius 1 is 1.30 bits per heavy atom. The van der Waals surface area contributed by atoms with Crippen LogP contribution in [0.25, 0.3) is 4.96 Å². The van der Waals surface area contributed by atoms with Crippen LogP contribution in [0, 0.1) is 0 Å². The van der Waals surface area contributed by atoms with E-state index in [4.69, 9.17) is 0 Å². The van der Waals surface area contributed by atoms with Crippen LogP contribution in [0.4, 0.5) is 0 Å². The number of aliphatic hydroxyl groups excluding tert-OH is 1. The third-order valence-electron chi connectivity index (χ3n) is 3.26. The van der Waals surface area contributed by atoms with Gasteiger partial charge in [0.2, 0.25) is 0 Å². The van der Waals surface area contributed by atoms with Crippen molar-refractivity contribution in [3.63, 3.8) is 0 Å². The van der Waals surface area contributed by atoms with Gasteiger partial charge in [-0.15, -0.1) is 11.3 Å². The third-order valence-corrected chi connectivity index (χ3v) is 4.03. The smallest absolute Gasteiger partial charge is 0.193 e. The molecule has 1 aromatic carbocycles. The minimum Gasteiger partial charge on any atom is -0.395 e. The zero-order valence-electron chi connectivity index (χ0n) is 11.1. The first kappa shape index (κ1) is 13.3. The zero-order valence-corrected chi connectivity index (χ0v) is 11.9. The van der Waals surface area contributed by atoms with Gasteiger partial charge < -0.3 is 10.4 Å². The van der Waals surface area contributed by atoms with Gasteiger partial charge in [0.25, 0.3) is 0 Å². The first-order valence-corrected chi connectivity index (χ1v) is 7.52. The fourth-order valence-electron chi connectivity index (χ4n) is 2.21. The van der Waals surface area contributed by atoms with Crippen LogP contribution in [0.3, 0.4) is 0 Å². The summed E-state index contributed by atoms with van der Waals surface area (Å²) in [6.07, 6.45) is 4.85. The number of aromatic nitrogens is 2. The molecule has 0 aliphatic heterocycles. The van der Waals surface area contributed by atoms with Crippen molar-refractivity contribution in [3.8, 4) is 0 Å². The molecule has 0 aliphatic rings. The number of aliphatic hydroxyl groups is 1. The van der Waals surface area contributed by atoms with Crippen molar-refractivity contribution in [2.24, 2.45) is 0 Å². The topological polar surface area (TPSA) is 49.6 Å². The highest BCUT2D eigenvalue weighted by molar-refractivity contribution is 7.15. The lowest BCUT2D eigenvalue weighted by molar-refractivity contribution is 0.240. The van der Waals surface area contributed by atoms with Gasteiger partial charge in [-0.1, -0.05) is 30.3 Å². The highest BCUT2D eigenvalue weighted by Crippen LogP contribution is 2.11. The second kappa shape index (κ2) is 6.17. The summed E-state index contributed by atoms with van der Waals surface area (Å²) in [4.78, 5) is 5.53. The van der Waals surface area contributed by atoms with Crippen molar-refractivity contribution in [3.05, 3.63) is 59.4 Å². The molecule has 2 heterocycles. The Bertz CT molecular complexity index is 633. The molecule has 0 bridgehead atoms. The lowest BCUT2D eigenvalue weighted by atomic mass is 10.1. The van der Waals surface area contributed by atoms with Crippen LogP contribution >= 0.6 is 11.3 Å². The van der Waals surface area contributed by atoms with Crippen LogP contribution in [0.5, 0.6) is 0 Å². The van der Waals surface area contributed by atoms with Crippen LogP contribution in [0.2, 0.25) is 0 Å². The quantitative estimate of drug-likeness (QED) is 0.730. The number of imidazole rings is 1. The number of rotatable bonds is 6. The number of nitrogens with zero attached hydrogens (tertiary/aromatic N) is 2. The fourth-order valence-corrected chi connectivity index (χ4v) is 2.93. The number of benzene rings is 1.